The molecule has 0 aliphatic carbocycles. The quantitative estimate of drug-likeness (QED) is 0.386. The maximum absolute atomic E-state index is 12.4. The SMILES string of the molecule is CC(=O)Nc1ccc(NC(=O)COC(=O)c2ccc3nc(-c4ccc(C)cc4)[nH]c3c2)cc1. The number of imidazole rings is 1. The van der Waals surface area contributed by atoms with Gasteiger partial charge in [0.25, 0.3) is 5.91 Å². The summed E-state index contributed by atoms with van der Waals surface area (Å²) in [6.07, 6.45) is 0. The Balaban J connectivity index is 1.36. The van der Waals surface area contributed by atoms with E-state index in [0.717, 1.165) is 16.6 Å². The van der Waals surface area contributed by atoms with Crippen LogP contribution in [0.1, 0.15) is 22.8 Å². The third kappa shape index (κ3) is 5.43. The molecule has 0 unspecified atom stereocenters. The molecule has 0 atom stereocenters. The first-order valence-electron chi connectivity index (χ1n) is 10.3. The van der Waals surface area contributed by atoms with Gasteiger partial charge in [0.2, 0.25) is 5.91 Å². The number of esters is 1. The molecule has 0 saturated heterocycles. The van der Waals surface area contributed by atoms with E-state index in [9.17, 15) is 14.4 Å². The molecule has 2 amide bonds. The molecular weight excluding hydrogens is 420 g/mol. The molecule has 1 aromatic heterocycles. The van der Waals surface area contributed by atoms with E-state index in [1.807, 2.05) is 31.2 Å². The number of H-pyrrole nitrogens is 1. The van der Waals surface area contributed by atoms with E-state index in [0.29, 0.717) is 28.3 Å². The van der Waals surface area contributed by atoms with Crippen molar-refractivity contribution < 1.29 is 19.1 Å². The fourth-order valence-electron chi connectivity index (χ4n) is 3.24. The van der Waals surface area contributed by atoms with Gasteiger partial charge in [-0.25, -0.2) is 9.78 Å². The van der Waals surface area contributed by atoms with Crippen LogP contribution < -0.4 is 10.6 Å². The number of benzene rings is 3. The predicted octanol–water partition coefficient (Wildman–Crippen LogP) is 4.29. The van der Waals surface area contributed by atoms with Gasteiger partial charge in [0.1, 0.15) is 5.82 Å². The summed E-state index contributed by atoms with van der Waals surface area (Å²) < 4.78 is 5.15. The van der Waals surface area contributed by atoms with Crippen LogP contribution in [0.25, 0.3) is 22.4 Å². The number of carbonyl (C=O) groups is 3. The molecule has 166 valence electrons. The molecule has 0 saturated carbocycles. The van der Waals surface area contributed by atoms with Gasteiger partial charge in [-0.05, 0) is 49.4 Å². The first-order chi connectivity index (χ1) is 15.9. The number of ether oxygens (including phenoxy) is 1. The second kappa shape index (κ2) is 9.35. The summed E-state index contributed by atoms with van der Waals surface area (Å²) in [5, 5.41) is 5.28. The van der Waals surface area contributed by atoms with E-state index in [4.69, 9.17) is 4.74 Å². The van der Waals surface area contributed by atoms with Crippen LogP contribution in [0.4, 0.5) is 11.4 Å². The van der Waals surface area contributed by atoms with Crippen molar-refractivity contribution in [2.75, 3.05) is 17.2 Å². The zero-order valence-corrected chi connectivity index (χ0v) is 18.1. The van der Waals surface area contributed by atoms with Gasteiger partial charge in [0.05, 0.1) is 16.6 Å². The van der Waals surface area contributed by atoms with Crippen molar-refractivity contribution >= 4 is 40.2 Å². The molecule has 8 heteroatoms. The zero-order valence-electron chi connectivity index (χ0n) is 18.1. The van der Waals surface area contributed by atoms with Crippen LogP contribution in [0.15, 0.2) is 66.7 Å². The number of fused-ring (bicyclic) bond motifs is 1. The third-order valence-corrected chi connectivity index (χ3v) is 4.87. The highest BCUT2D eigenvalue weighted by atomic mass is 16.5. The monoisotopic (exact) mass is 442 g/mol. The Morgan fingerprint density at radius 3 is 2.24 bits per heavy atom. The average molecular weight is 442 g/mol. The van der Waals surface area contributed by atoms with Crippen LogP contribution in [0.3, 0.4) is 0 Å². The van der Waals surface area contributed by atoms with Crippen LogP contribution in [-0.2, 0) is 14.3 Å². The van der Waals surface area contributed by atoms with Crippen LogP contribution in [0.2, 0.25) is 0 Å². The summed E-state index contributed by atoms with van der Waals surface area (Å²) in [6.45, 7) is 3.00. The Morgan fingerprint density at radius 1 is 0.909 bits per heavy atom. The summed E-state index contributed by atoms with van der Waals surface area (Å²) in [6, 6.07) is 19.6. The minimum Gasteiger partial charge on any atom is -0.452 e. The normalized spacial score (nSPS) is 10.6. The summed E-state index contributed by atoms with van der Waals surface area (Å²) in [7, 11) is 0. The van der Waals surface area contributed by atoms with Crippen LogP contribution in [-0.4, -0.2) is 34.4 Å². The minimum absolute atomic E-state index is 0.182. The van der Waals surface area contributed by atoms with Crippen molar-refractivity contribution in [3.8, 4) is 11.4 Å². The van der Waals surface area contributed by atoms with E-state index < -0.39 is 18.5 Å². The van der Waals surface area contributed by atoms with Gasteiger partial charge >= 0.3 is 5.97 Å². The van der Waals surface area contributed by atoms with Gasteiger partial charge in [-0.3, -0.25) is 9.59 Å². The number of aryl methyl sites for hydroxylation is 1. The van der Waals surface area contributed by atoms with Gasteiger partial charge in [-0.1, -0.05) is 29.8 Å². The Labute approximate surface area is 190 Å². The first kappa shape index (κ1) is 21.8. The maximum Gasteiger partial charge on any atom is 0.338 e. The number of aromatic nitrogens is 2. The highest BCUT2D eigenvalue weighted by Crippen LogP contribution is 2.22. The number of rotatable bonds is 6. The fraction of sp³-hybridized carbons (Fsp3) is 0.120. The highest BCUT2D eigenvalue weighted by Gasteiger charge is 2.13. The van der Waals surface area contributed by atoms with E-state index in [2.05, 4.69) is 20.6 Å². The lowest BCUT2D eigenvalue weighted by molar-refractivity contribution is -0.119. The Hall–Kier alpha value is -4.46. The number of nitrogens with zero attached hydrogens (tertiary/aromatic N) is 1. The van der Waals surface area contributed by atoms with E-state index in [1.165, 1.54) is 6.92 Å². The Morgan fingerprint density at radius 2 is 1.58 bits per heavy atom. The fourth-order valence-corrected chi connectivity index (χ4v) is 3.24. The van der Waals surface area contributed by atoms with Crippen LogP contribution in [0.5, 0.6) is 0 Å². The van der Waals surface area contributed by atoms with E-state index in [1.54, 1.807) is 42.5 Å². The van der Waals surface area contributed by atoms with Gasteiger partial charge in [-0.15, -0.1) is 0 Å². The largest absolute Gasteiger partial charge is 0.452 e. The number of amides is 2. The lowest BCUT2D eigenvalue weighted by Crippen LogP contribution is -2.21. The standard InChI is InChI=1S/C25H22N4O4/c1-15-3-5-17(6-4-15)24-28-21-12-7-18(13-22(21)29-24)25(32)33-14-23(31)27-20-10-8-19(9-11-20)26-16(2)30/h3-13H,14H2,1-2H3,(H,26,30)(H,27,31)(H,28,29). The van der Waals surface area contributed by atoms with Crippen LogP contribution >= 0.6 is 0 Å². The molecule has 0 radical (unpaired) electrons. The Bertz CT molecular complexity index is 1330. The first-order valence-corrected chi connectivity index (χ1v) is 10.3. The van der Waals surface area contributed by atoms with Gasteiger partial charge in [0, 0.05) is 23.9 Å². The van der Waals surface area contributed by atoms with E-state index >= 15 is 0 Å². The predicted molar refractivity (Wildman–Crippen MR) is 126 cm³/mol. The summed E-state index contributed by atoms with van der Waals surface area (Å²) >= 11 is 0. The number of hydrogen-bond donors (Lipinski definition) is 3. The smallest absolute Gasteiger partial charge is 0.338 e. The van der Waals surface area contributed by atoms with Crippen molar-refractivity contribution in [3.05, 3.63) is 77.9 Å². The third-order valence-electron chi connectivity index (χ3n) is 4.87. The molecule has 33 heavy (non-hydrogen) atoms. The maximum atomic E-state index is 12.4. The van der Waals surface area contributed by atoms with Gasteiger partial charge in [0.15, 0.2) is 6.61 Å². The molecule has 0 bridgehead atoms. The number of carbonyl (C=O) groups excluding carboxylic acids is 3. The second-order valence-electron chi connectivity index (χ2n) is 7.57. The molecule has 3 aromatic carbocycles. The number of hydrogen-bond acceptors (Lipinski definition) is 5. The number of aromatic amines is 1. The van der Waals surface area contributed by atoms with Gasteiger partial charge in [-0.2, -0.15) is 0 Å². The molecule has 0 aliphatic rings. The lowest BCUT2D eigenvalue weighted by Gasteiger charge is -2.08. The van der Waals surface area contributed by atoms with Crippen molar-refractivity contribution in [1.82, 2.24) is 9.97 Å². The molecule has 0 aliphatic heterocycles. The average Bonchev–Trinajstić information content (AvgIpc) is 3.22. The zero-order chi connectivity index (χ0) is 23.4. The molecule has 1 heterocycles. The van der Waals surface area contributed by atoms with Crippen molar-refractivity contribution in [2.45, 2.75) is 13.8 Å². The number of anilines is 2. The molecule has 4 aromatic rings. The second-order valence-corrected chi connectivity index (χ2v) is 7.57. The molecule has 0 spiro atoms. The molecular formula is C25H22N4O4. The summed E-state index contributed by atoms with van der Waals surface area (Å²) in [4.78, 5) is 43.4. The summed E-state index contributed by atoms with van der Waals surface area (Å²) in [5.41, 5.74) is 4.98. The molecule has 4 rings (SSSR count). The molecule has 3 N–H and O–H groups in total. The van der Waals surface area contributed by atoms with Crippen molar-refractivity contribution in [2.24, 2.45) is 0 Å². The Kier molecular flexibility index (Phi) is 6.17. The van der Waals surface area contributed by atoms with Crippen LogP contribution in [0, 0.1) is 6.92 Å². The highest BCUT2D eigenvalue weighted by molar-refractivity contribution is 5.97. The minimum atomic E-state index is -0.612. The molecule has 0 fully saturated rings. The van der Waals surface area contributed by atoms with Gasteiger partial charge < -0.3 is 20.4 Å². The molecule has 8 nitrogen and oxygen atoms in total. The van der Waals surface area contributed by atoms with E-state index in [-0.39, 0.29) is 5.91 Å². The number of nitrogens with one attached hydrogen (secondary N) is 3. The topological polar surface area (TPSA) is 113 Å². The lowest BCUT2D eigenvalue weighted by atomic mass is 10.1. The van der Waals surface area contributed by atoms with Crippen molar-refractivity contribution in [1.29, 1.82) is 0 Å². The summed E-state index contributed by atoms with van der Waals surface area (Å²) in [5.74, 6) is -0.558. The van der Waals surface area contributed by atoms with Crippen molar-refractivity contribution in [3.63, 3.8) is 0 Å².